The molecule has 0 fully saturated rings. The minimum Gasteiger partial charge on any atom is -0.350 e. The van der Waals surface area contributed by atoms with Gasteiger partial charge in [0.15, 0.2) is 5.78 Å². The van der Waals surface area contributed by atoms with Crippen molar-refractivity contribution in [1.82, 2.24) is 16.0 Å². The lowest BCUT2D eigenvalue weighted by Crippen LogP contribution is -2.53. The quantitative estimate of drug-likeness (QED) is 0.300. The summed E-state index contributed by atoms with van der Waals surface area (Å²) in [4.78, 5) is 48.4. The topological polar surface area (TPSA) is 162 Å². The van der Waals surface area contributed by atoms with Gasteiger partial charge in [-0.1, -0.05) is 29.8 Å². The van der Waals surface area contributed by atoms with Crippen LogP contribution >= 0.6 is 0 Å². The third-order valence-corrected chi connectivity index (χ3v) is 5.51. The van der Waals surface area contributed by atoms with Gasteiger partial charge in [0.05, 0.1) is 12.0 Å². The van der Waals surface area contributed by atoms with Gasteiger partial charge in [-0.15, -0.1) is 0 Å². The van der Waals surface area contributed by atoms with Crippen molar-refractivity contribution < 1.29 is 27.6 Å². The lowest BCUT2D eigenvalue weighted by molar-refractivity contribution is -0.132. The molecule has 4 N–H and O–H groups in total. The van der Waals surface area contributed by atoms with Crippen molar-refractivity contribution in [3.63, 3.8) is 0 Å². The number of aryl methyl sites for hydroxylation is 1. The summed E-state index contributed by atoms with van der Waals surface area (Å²) in [7, 11) is -3.38. The van der Waals surface area contributed by atoms with Crippen molar-refractivity contribution in [2.75, 3.05) is 12.0 Å². The Bertz CT molecular complexity index is 944. The second-order valence-electron chi connectivity index (χ2n) is 7.59. The van der Waals surface area contributed by atoms with Crippen molar-refractivity contribution in [2.45, 2.75) is 51.7 Å². The zero-order valence-corrected chi connectivity index (χ0v) is 19.3. The highest BCUT2D eigenvalue weighted by Crippen LogP contribution is 2.05. The number of rotatable bonds is 13. The van der Waals surface area contributed by atoms with E-state index in [1.807, 2.05) is 31.2 Å². The summed E-state index contributed by atoms with van der Waals surface area (Å²) in [5.74, 6) is -2.64. The Hall–Kier alpha value is -3.08. The van der Waals surface area contributed by atoms with E-state index in [0.29, 0.717) is 6.21 Å². The molecule has 3 amide bonds. The molecule has 176 valence electrons. The van der Waals surface area contributed by atoms with Crippen LogP contribution in [0, 0.1) is 12.3 Å². The fourth-order valence-electron chi connectivity index (χ4n) is 2.76. The minimum atomic E-state index is -3.38. The van der Waals surface area contributed by atoms with E-state index in [9.17, 15) is 27.6 Å². The minimum absolute atomic E-state index is 0.0570. The number of carbonyl (C=O) groups is 4. The van der Waals surface area contributed by atoms with Crippen LogP contribution in [0.5, 0.6) is 0 Å². The number of hydrogen-bond donors (Lipinski definition) is 4. The molecular weight excluding hydrogens is 436 g/mol. The van der Waals surface area contributed by atoms with Gasteiger partial charge in [0, 0.05) is 26.1 Å². The Morgan fingerprint density at radius 3 is 2.12 bits per heavy atom. The van der Waals surface area contributed by atoms with E-state index in [2.05, 4.69) is 16.0 Å². The van der Waals surface area contributed by atoms with E-state index in [0.717, 1.165) is 17.4 Å². The molecule has 0 aliphatic carbocycles. The zero-order chi connectivity index (χ0) is 24.3. The fraction of sp³-hybridized carbons (Fsp3) is 0.476. The smallest absolute Gasteiger partial charge is 0.243 e. The summed E-state index contributed by atoms with van der Waals surface area (Å²) in [5, 5.41) is 14.6. The predicted molar refractivity (Wildman–Crippen MR) is 120 cm³/mol. The molecule has 0 spiro atoms. The standard InChI is InChI=1S/C21H30N4O6S/c1-14-4-6-16(7-5-14)13-23-20(28)18(9-8-17(27)12-22)25-21(29)19(24-15(2)26)10-11-32(3,30)31/h4-7,12,18-19,22H,8-11,13H2,1-3H3,(H,23,28)(H,24,26)(H,25,29)/t18-,19-/m0/s1. The second-order valence-corrected chi connectivity index (χ2v) is 9.85. The molecule has 10 nitrogen and oxygen atoms in total. The predicted octanol–water partition coefficient (Wildman–Crippen LogP) is 0.0343. The highest BCUT2D eigenvalue weighted by atomic mass is 32.2. The molecule has 32 heavy (non-hydrogen) atoms. The van der Waals surface area contributed by atoms with Gasteiger partial charge < -0.3 is 21.4 Å². The van der Waals surface area contributed by atoms with Gasteiger partial charge in [-0.2, -0.15) is 0 Å². The molecule has 0 heterocycles. The largest absolute Gasteiger partial charge is 0.350 e. The zero-order valence-electron chi connectivity index (χ0n) is 18.4. The van der Waals surface area contributed by atoms with Crippen LogP contribution in [0.1, 0.15) is 37.3 Å². The van der Waals surface area contributed by atoms with Crippen LogP contribution < -0.4 is 16.0 Å². The molecule has 0 aromatic heterocycles. The molecule has 2 atom stereocenters. The first-order valence-electron chi connectivity index (χ1n) is 10.0. The molecule has 0 saturated heterocycles. The van der Waals surface area contributed by atoms with E-state index < -0.39 is 45.4 Å². The first kappa shape index (κ1) is 27.0. The number of benzene rings is 1. The summed E-state index contributed by atoms with van der Waals surface area (Å²) in [5.41, 5.74) is 1.90. The van der Waals surface area contributed by atoms with E-state index in [1.54, 1.807) is 0 Å². The summed E-state index contributed by atoms with van der Waals surface area (Å²) in [6, 6.07) is 5.21. The van der Waals surface area contributed by atoms with Crippen LogP contribution in [0.2, 0.25) is 0 Å². The number of Topliss-reactive ketones (excluding diaryl/α,β-unsaturated/α-hetero) is 1. The van der Waals surface area contributed by atoms with Crippen LogP contribution in [0.3, 0.4) is 0 Å². The van der Waals surface area contributed by atoms with E-state index >= 15 is 0 Å². The van der Waals surface area contributed by atoms with Crippen molar-refractivity contribution in [3.05, 3.63) is 35.4 Å². The summed E-state index contributed by atoms with van der Waals surface area (Å²) in [6.45, 7) is 3.33. The van der Waals surface area contributed by atoms with E-state index in [4.69, 9.17) is 5.41 Å². The number of sulfone groups is 1. The molecule has 0 bridgehead atoms. The van der Waals surface area contributed by atoms with Crippen molar-refractivity contribution in [3.8, 4) is 0 Å². The van der Waals surface area contributed by atoms with E-state index in [1.165, 1.54) is 6.92 Å². The molecule has 0 saturated carbocycles. The van der Waals surface area contributed by atoms with E-state index in [-0.39, 0.29) is 31.6 Å². The number of ketones is 1. The van der Waals surface area contributed by atoms with Crippen LogP contribution in [0.4, 0.5) is 0 Å². The maximum absolute atomic E-state index is 12.7. The van der Waals surface area contributed by atoms with Crippen LogP contribution in [0.25, 0.3) is 0 Å². The van der Waals surface area contributed by atoms with Crippen LogP contribution in [-0.4, -0.2) is 62.2 Å². The Balaban J connectivity index is 2.90. The molecule has 11 heteroatoms. The number of nitrogens with one attached hydrogen (secondary N) is 4. The molecule has 1 rings (SSSR count). The Morgan fingerprint density at radius 2 is 1.59 bits per heavy atom. The molecule has 0 unspecified atom stereocenters. The maximum atomic E-state index is 12.7. The third-order valence-electron chi connectivity index (χ3n) is 4.53. The molecular formula is C21H30N4O6S. The van der Waals surface area contributed by atoms with Gasteiger partial charge in [0.1, 0.15) is 21.9 Å². The maximum Gasteiger partial charge on any atom is 0.243 e. The normalized spacial score (nSPS) is 12.8. The van der Waals surface area contributed by atoms with Crippen molar-refractivity contribution in [2.24, 2.45) is 0 Å². The SMILES string of the molecule is CC(=O)N[C@@H](CCS(C)(=O)=O)C(=O)N[C@@H](CCC(=O)C=N)C(=O)NCc1ccc(C)cc1. The van der Waals surface area contributed by atoms with Gasteiger partial charge in [-0.25, -0.2) is 8.42 Å². The Kier molecular flexibility index (Phi) is 10.7. The van der Waals surface area contributed by atoms with Crippen molar-refractivity contribution in [1.29, 1.82) is 5.41 Å². The summed E-state index contributed by atoms with van der Waals surface area (Å²) < 4.78 is 22.9. The van der Waals surface area contributed by atoms with Gasteiger partial charge in [0.25, 0.3) is 0 Å². The number of carbonyl (C=O) groups excluding carboxylic acids is 4. The molecule has 0 aliphatic heterocycles. The van der Waals surface area contributed by atoms with Gasteiger partial charge in [0.2, 0.25) is 17.7 Å². The van der Waals surface area contributed by atoms with Gasteiger partial charge in [-0.3, -0.25) is 19.2 Å². The highest BCUT2D eigenvalue weighted by Gasteiger charge is 2.27. The number of hydrogen-bond acceptors (Lipinski definition) is 7. The molecule has 1 aromatic rings. The fourth-order valence-corrected chi connectivity index (χ4v) is 3.43. The number of amides is 3. The Morgan fingerprint density at radius 1 is 1.00 bits per heavy atom. The summed E-state index contributed by atoms with van der Waals surface area (Å²) >= 11 is 0. The van der Waals surface area contributed by atoms with Gasteiger partial charge >= 0.3 is 0 Å². The molecule has 0 aliphatic rings. The molecule has 1 aromatic carbocycles. The third kappa shape index (κ3) is 10.8. The first-order valence-corrected chi connectivity index (χ1v) is 12.1. The van der Waals surface area contributed by atoms with Crippen LogP contribution in [0.15, 0.2) is 24.3 Å². The monoisotopic (exact) mass is 466 g/mol. The lowest BCUT2D eigenvalue weighted by Gasteiger charge is -2.22. The highest BCUT2D eigenvalue weighted by molar-refractivity contribution is 7.90. The Labute approximate surface area is 188 Å². The first-order chi connectivity index (χ1) is 14.9. The van der Waals surface area contributed by atoms with Gasteiger partial charge in [-0.05, 0) is 25.3 Å². The van der Waals surface area contributed by atoms with Crippen molar-refractivity contribution >= 4 is 39.6 Å². The van der Waals surface area contributed by atoms with Crippen LogP contribution in [-0.2, 0) is 35.6 Å². The lowest BCUT2D eigenvalue weighted by atomic mass is 10.1. The molecule has 0 radical (unpaired) electrons. The average molecular weight is 467 g/mol. The summed E-state index contributed by atoms with van der Waals surface area (Å²) in [6.07, 6.45) is 1.29. The average Bonchev–Trinajstić information content (AvgIpc) is 2.72. The second kappa shape index (κ2) is 12.7.